The zero-order valence-corrected chi connectivity index (χ0v) is 17.5. The lowest BCUT2D eigenvalue weighted by molar-refractivity contribution is -0.122. The third kappa shape index (κ3) is 2.98. The van der Waals surface area contributed by atoms with Crippen molar-refractivity contribution < 1.29 is 4.79 Å². The molecule has 4 nitrogen and oxygen atoms in total. The number of fused-ring (bicyclic) bond motifs is 1. The number of anilines is 1. The molecule has 2 aromatic carbocycles. The Kier molecular flexibility index (Phi) is 4.86. The molecule has 0 atom stereocenters. The Bertz CT molecular complexity index is 957. The van der Waals surface area contributed by atoms with E-state index in [9.17, 15) is 4.79 Å². The van der Waals surface area contributed by atoms with Crippen LogP contribution in [0.2, 0.25) is 0 Å². The summed E-state index contributed by atoms with van der Waals surface area (Å²) in [5.74, 6) is 0.0189. The monoisotopic (exact) mass is 445 g/mol. The molecule has 1 fully saturated rings. The van der Waals surface area contributed by atoms with Gasteiger partial charge in [0.15, 0.2) is 5.17 Å². The third-order valence-electron chi connectivity index (χ3n) is 4.18. The number of carbonyl (C=O) groups is 1. The molecule has 26 heavy (non-hydrogen) atoms. The lowest BCUT2D eigenvalue weighted by Gasteiger charge is -2.15. The number of thioether (sulfide) groups is 2. The topological polar surface area (TPSA) is 35.9 Å². The van der Waals surface area contributed by atoms with Crippen LogP contribution in [-0.4, -0.2) is 29.6 Å². The highest BCUT2D eigenvalue weighted by Crippen LogP contribution is 2.50. The predicted molar refractivity (Wildman–Crippen MR) is 114 cm³/mol. The normalized spacial score (nSPS) is 21.0. The number of benzene rings is 2. The molecule has 0 aromatic heterocycles. The van der Waals surface area contributed by atoms with Crippen LogP contribution < -0.4 is 4.90 Å². The van der Waals surface area contributed by atoms with E-state index in [1.165, 1.54) is 16.7 Å². The molecule has 2 heterocycles. The number of amidine groups is 1. The van der Waals surface area contributed by atoms with Crippen molar-refractivity contribution in [1.82, 2.24) is 4.90 Å². The summed E-state index contributed by atoms with van der Waals surface area (Å²) in [5, 5.41) is 1.69. The summed E-state index contributed by atoms with van der Waals surface area (Å²) in [4.78, 5) is 23.5. The highest BCUT2D eigenvalue weighted by Gasteiger charge is 2.38. The van der Waals surface area contributed by atoms with E-state index in [0.717, 1.165) is 30.9 Å². The molecule has 0 aliphatic carbocycles. The van der Waals surface area contributed by atoms with Gasteiger partial charge in [-0.1, -0.05) is 36.0 Å². The molecular weight excluding hydrogens is 430 g/mol. The first kappa shape index (κ1) is 17.7. The fourth-order valence-electron chi connectivity index (χ4n) is 2.84. The Morgan fingerprint density at radius 3 is 2.54 bits per heavy atom. The van der Waals surface area contributed by atoms with Gasteiger partial charge in [0.05, 0.1) is 16.4 Å². The summed E-state index contributed by atoms with van der Waals surface area (Å²) >= 11 is 6.62. The van der Waals surface area contributed by atoms with Gasteiger partial charge in [-0.15, -0.1) is 0 Å². The van der Waals surface area contributed by atoms with E-state index in [-0.39, 0.29) is 5.91 Å². The molecule has 0 spiro atoms. The van der Waals surface area contributed by atoms with E-state index in [1.54, 1.807) is 16.7 Å². The first-order chi connectivity index (χ1) is 12.6. The van der Waals surface area contributed by atoms with Crippen molar-refractivity contribution >= 4 is 61.9 Å². The first-order valence-electron chi connectivity index (χ1n) is 8.18. The largest absolute Gasteiger partial charge is 0.337 e. The predicted octanol–water partition coefficient (Wildman–Crippen LogP) is 5.44. The summed E-state index contributed by atoms with van der Waals surface area (Å²) in [7, 11) is 2.01. The molecule has 0 unspecified atom stereocenters. The minimum absolute atomic E-state index is 0.0189. The molecule has 0 saturated carbocycles. The summed E-state index contributed by atoms with van der Waals surface area (Å²) < 4.78 is 0.914. The third-order valence-corrected chi connectivity index (χ3v) is 7.28. The van der Waals surface area contributed by atoms with E-state index in [4.69, 9.17) is 4.99 Å². The summed E-state index contributed by atoms with van der Waals surface area (Å²) in [6, 6.07) is 16.0. The number of para-hydroxylation sites is 2. The van der Waals surface area contributed by atoms with E-state index in [1.807, 2.05) is 50.4 Å². The van der Waals surface area contributed by atoms with Crippen molar-refractivity contribution in [3.05, 3.63) is 62.9 Å². The van der Waals surface area contributed by atoms with Gasteiger partial charge < -0.3 is 4.90 Å². The highest BCUT2D eigenvalue weighted by atomic mass is 79.9. The maximum atomic E-state index is 13.0. The average Bonchev–Trinajstić information content (AvgIpc) is 3.14. The number of likely N-dealkylation sites (N-methyl/N-ethyl adjacent to an activating group) is 1. The number of hydrogen-bond donors (Lipinski definition) is 0. The number of nitrogens with zero attached hydrogens (tertiary/aromatic N) is 3. The van der Waals surface area contributed by atoms with Gasteiger partial charge in [-0.05, 0) is 58.9 Å². The van der Waals surface area contributed by atoms with Crippen molar-refractivity contribution in [3.63, 3.8) is 0 Å². The lowest BCUT2D eigenvalue weighted by Crippen LogP contribution is -2.29. The maximum Gasteiger partial charge on any atom is 0.269 e. The average molecular weight is 446 g/mol. The quantitative estimate of drug-likeness (QED) is 0.576. The van der Waals surface area contributed by atoms with Crippen molar-refractivity contribution in [2.45, 2.75) is 11.8 Å². The Labute approximate surface area is 169 Å². The van der Waals surface area contributed by atoms with Crippen molar-refractivity contribution in [2.24, 2.45) is 4.99 Å². The van der Waals surface area contributed by atoms with Crippen molar-refractivity contribution in [2.75, 3.05) is 18.5 Å². The van der Waals surface area contributed by atoms with Gasteiger partial charge in [-0.25, -0.2) is 4.99 Å². The van der Waals surface area contributed by atoms with Crippen molar-refractivity contribution in [3.8, 4) is 0 Å². The molecule has 132 valence electrons. The number of aliphatic imine (C=N–C) groups is 1. The van der Waals surface area contributed by atoms with Gasteiger partial charge in [0.2, 0.25) is 0 Å². The van der Waals surface area contributed by atoms with Crippen LogP contribution in [0.4, 0.5) is 11.4 Å². The highest BCUT2D eigenvalue weighted by molar-refractivity contribution is 9.10. The first-order valence-corrected chi connectivity index (χ1v) is 10.6. The molecule has 0 N–H and O–H groups in total. The van der Waals surface area contributed by atoms with Crippen LogP contribution in [0.1, 0.15) is 6.92 Å². The van der Waals surface area contributed by atoms with E-state index < -0.39 is 0 Å². The second-order valence-electron chi connectivity index (χ2n) is 5.76. The summed E-state index contributed by atoms with van der Waals surface area (Å²) in [6.07, 6.45) is 0. The van der Waals surface area contributed by atoms with Gasteiger partial charge in [0, 0.05) is 23.0 Å². The fourth-order valence-corrected chi connectivity index (χ4v) is 5.62. The van der Waals surface area contributed by atoms with Gasteiger partial charge in [0.25, 0.3) is 5.91 Å². The summed E-state index contributed by atoms with van der Waals surface area (Å²) in [5.41, 5.74) is 1.95. The SMILES string of the molecule is CCN1C(=O)/C(=C2/Sc3ccccc3N2C)SC1=Nc1ccccc1Br. The number of halogens is 1. The smallest absolute Gasteiger partial charge is 0.269 e. The van der Waals surface area contributed by atoms with Crippen LogP contribution in [0.5, 0.6) is 0 Å². The van der Waals surface area contributed by atoms with E-state index in [2.05, 4.69) is 33.0 Å². The Hall–Kier alpha value is -1.70. The minimum Gasteiger partial charge on any atom is -0.337 e. The lowest BCUT2D eigenvalue weighted by atomic mass is 10.3. The Morgan fingerprint density at radius 2 is 1.81 bits per heavy atom. The molecule has 1 amide bonds. The van der Waals surface area contributed by atoms with Gasteiger partial charge in [0.1, 0.15) is 4.91 Å². The van der Waals surface area contributed by atoms with Gasteiger partial charge in [-0.2, -0.15) is 0 Å². The second-order valence-corrected chi connectivity index (χ2v) is 8.62. The number of amides is 1. The molecule has 2 aliphatic heterocycles. The van der Waals surface area contributed by atoms with Crippen LogP contribution >= 0.6 is 39.5 Å². The molecule has 2 aromatic rings. The van der Waals surface area contributed by atoms with Crippen LogP contribution in [0, 0.1) is 0 Å². The van der Waals surface area contributed by atoms with Crippen molar-refractivity contribution in [1.29, 1.82) is 0 Å². The van der Waals surface area contributed by atoms with Crippen LogP contribution in [0.25, 0.3) is 0 Å². The van der Waals surface area contributed by atoms with Gasteiger partial charge in [-0.3, -0.25) is 9.69 Å². The minimum atomic E-state index is 0.0189. The standard InChI is InChI=1S/C19H16BrN3OS2/c1-3-23-17(24)16(18-22(2)14-10-6-7-11-15(14)25-18)26-19(23)21-13-9-5-4-8-12(13)20/h4-11H,3H2,1-2H3/b18-16-,21-19?. The Morgan fingerprint density at radius 1 is 1.08 bits per heavy atom. The molecule has 4 rings (SSSR count). The Balaban J connectivity index is 1.75. The fraction of sp³-hybridized carbons (Fsp3) is 0.158. The molecule has 7 heteroatoms. The number of rotatable bonds is 2. The van der Waals surface area contributed by atoms with Crippen LogP contribution in [-0.2, 0) is 4.79 Å². The summed E-state index contributed by atoms with van der Waals surface area (Å²) in [6.45, 7) is 2.56. The number of carbonyl (C=O) groups excluding carboxylic acids is 1. The number of hydrogen-bond acceptors (Lipinski definition) is 5. The maximum absolute atomic E-state index is 13.0. The molecule has 2 aliphatic rings. The zero-order valence-electron chi connectivity index (χ0n) is 14.3. The molecular formula is C19H16BrN3OS2. The van der Waals surface area contributed by atoms with E-state index >= 15 is 0 Å². The second kappa shape index (κ2) is 7.13. The van der Waals surface area contributed by atoms with Crippen LogP contribution in [0.15, 0.2) is 72.8 Å². The van der Waals surface area contributed by atoms with E-state index in [0.29, 0.717) is 6.54 Å². The zero-order chi connectivity index (χ0) is 18.3. The van der Waals surface area contributed by atoms with Crippen LogP contribution in [0.3, 0.4) is 0 Å². The van der Waals surface area contributed by atoms with Gasteiger partial charge >= 0.3 is 0 Å². The molecule has 0 radical (unpaired) electrons. The molecule has 0 bridgehead atoms. The molecule has 1 saturated heterocycles.